The van der Waals surface area contributed by atoms with Crippen molar-refractivity contribution in [3.05, 3.63) is 46.2 Å². The van der Waals surface area contributed by atoms with E-state index in [2.05, 4.69) is 38.3 Å². The number of rotatable bonds is 5. The standard InChI is InChI=1S/C24H25BrN6O3/c1-12-4-7-19(25)27-22(12)28-23(34)17-9-24(3)10-18(24)31(17)20(33)11-30-16-6-5-14(26)8-15(16)21(29-30)13(2)32/h4-8,17-18H,9-11,26H2,1-3H3,(H,27,28,34)/t17-,18+,24-/m0/s1. The number of anilines is 2. The third-order valence-electron chi connectivity index (χ3n) is 6.92. The van der Waals surface area contributed by atoms with Crippen LogP contribution in [0, 0.1) is 12.3 Å². The van der Waals surface area contributed by atoms with E-state index in [0.29, 0.717) is 33.4 Å². The maximum absolute atomic E-state index is 13.5. The van der Waals surface area contributed by atoms with Crippen molar-refractivity contribution < 1.29 is 14.4 Å². The number of likely N-dealkylation sites (tertiary alicyclic amines) is 1. The van der Waals surface area contributed by atoms with Crippen LogP contribution in [0.4, 0.5) is 11.5 Å². The third kappa shape index (κ3) is 3.75. The van der Waals surface area contributed by atoms with Gasteiger partial charge in [0.1, 0.15) is 28.7 Å². The van der Waals surface area contributed by atoms with E-state index in [0.717, 1.165) is 12.0 Å². The van der Waals surface area contributed by atoms with Crippen molar-refractivity contribution in [2.24, 2.45) is 5.41 Å². The highest BCUT2D eigenvalue weighted by Crippen LogP contribution is 2.59. The lowest BCUT2D eigenvalue weighted by molar-refractivity contribution is -0.138. The highest BCUT2D eigenvalue weighted by atomic mass is 79.9. The fourth-order valence-corrected chi connectivity index (χ4v) is 5.29. The summed E-state index contributed by atoms with van der Waals surface area (Å²) < 4.78 is 2.15. The Kier molecular flexibility index (Phi) is 5.23. The van der Waals surface area contributed by atoms with Gasteiger partial charge in [-0.2, -0.15) is 5.10 Å². The number of fused-ring (bicyclic) bond motifs is 2. The number of halogens is 1. The molecule has 1 saturated heterocycles. The number of Topliss-reactive ketones (excluding diaryl/α,β-unsaturated/α-hetero) is 1. The van der Waals surface area contributed by atoms with Gasteiger partial charge in [0.2, 0.25) is 11.8 Å². The SMILES string of the molecule is CC(=O)c1nn(CC(=O)N2[C@H](C(=O)Nc3nc(Br)ccc3C)C[C@@]3(C)C[C@@H]23)c2ccc(N)cc12. The molecule has 2 fully saturated rings. The molecule has 2 aliphatic rings. The minimum Gasteiger partial charge on any atom is -0.399 e. The van der Waals surface area contributed by atoms with Gasteiger partial charge in [0.15, 0.2) is 5.78 Å². The van der Waals surface area contributed by atoms with Gasteiger partial charge in [0.25, 0.3) is 0 Å². The van der Waals surface area contributed by atoms with E-state index in [1.165, 1.54) is 11.6 Å². The zero-order chi connectivity index (χ0) is 24.4. The Morgan fingerprint density at radius 1 is 1.24 bits per heavy atom. The highest BCUT2D eigenvalue weighted by molar-refractivity contribution is 9.10. The quantitative estimate of drug-likeness (QED) is 0.299. The molecule has 2 amide bonds. The Balaban J connectivity index is 1.42. The number of amides is 2. The monoisotopic (exact) mass is 524 g/mol. The van der Waals surface area contributed by atoms with E-state index in [4.69, 9.17) is 5.73 Å². The molecule has 0 radical (unpaired) electrons. The van der Waals surface area contributed by atoms with Crippen LogP contribution in [0.1, 0.15) is 42.7 Å². The molecule has 3 heterocycles. The van der Waals surface area contributed by atoms with Gasteiger partial charge >= 0.3 is 0 Å². The third-order valence-corrected chi connectivity index (χ3v) is 7.37. The van der Waals surface area contributed by atoms with E-state index in [9.17, 15) is 14.4 Å². The molecule has 3 N–H and O–H groups in total. The fraction of sp³-hybridized carbons (Fsp3) is 0.375. The number of carbonyl (C=O) groups is 3. The van der Waals surface area contributed by atoms with Crippen molar-refractivity contribution in [1.82, 2.24) is 19.7 Å². The van der Waals surface area contributed by atoms with Gasteiger partial charge in [0.05, 0.1) is 5.52 Å². The first-order valence-corrected chi connectivity index (χ1v) is 11.9. The van der Waals surface area contributed by atoms with E-state index >= 15 is 0 Å². The maximum Gasteiger partial charge on any atom is 0.248 e. The molecule has 0 spiro atoms. The lowest BCUT2D eigenvalue weighted by atomic mass is 10.0. The van der Waals surface area contributed by atoms with Crippen LogP contribution < -0.4 is 11.1 Å². The number of hydrogen-bond acceptors (Lipinski definition) is 6. The average molecular weight is 525 g/mol. The summed E-state index contributed by atoms with van der Waals surface area (Å²) in [6, 6.07) is 8.26. The number of carbonyl (C=O) groups excluding carboxylic acids is 3. The number of nitrogens with one attached hydrogen (secondary N) is 1. The number of ketones is 1. The van der Waals surface area contributed by atoms with Crippen LogP contribution in [-0.2, 0) is 16.1 Å². The van der Waals surface area contributed by atoms with Gasteiger partial charge in [-0.1, -0.05) is 13.0 Å². The molecule has 5 rings (SSSR count). The molecule has 3 aromatic rings. The molecule has 0 unspecified atom stereocenters. The molecular weight excluding hydrogens is 500 g/mol. The van der Waals surface area contributed by atoms with Crippen LogP contribution in [0.25, 0.3) is 10.9 Å². The second-order valence-electron chi connectivity index (χ2n) is 9.52. The van der Waals surface area contributed by atoms with E-state index in [-0.39, 0.29) is 41.3 Å². The zero-order valence-electron chi connectivity index (χ0n) is 19.1. The molecular formula is C24H25BrN6O3. The van der Waals surface area contributed by atoms with Gasteiger partial charge in [0, 0.05) is 24.0 Å². The number of pyridine rings is 1. The minimum atomic E-state index is -0.596. The molecule has 1 saturated carbocycles. The molecule has 0 bridgehead atoms. The first kappa shape index (κ1) is 22.5. The maximum atomic E-state index is 13.5. The van der Waals surface area contributed by atoms with Crippen LogP contribution in [0.3, 0.4) is 0 Å². The van der Waals surface area contributed by atoms with Gasteiger partial charge in [-0.05, 0) is 70.9 Å². The first-order valence-electron chi connectivity index (χ1n) is 11.1. The summed E-state index contributed by atoms with van der Waals surface area (Å²) in [5, 5.41) is 7.92. The summed E-state index contributed by atoms with van der Waals surface area (Å²) in [5.41, 5.74) is 8.11. The summed E-state index contributed by atoms with van der Waals surface area (Å²) >= 11 is 3.33. The molecule has 10 heteroatoms. The molecule has 1 aliphatic carbocycles. The van der Waals surface area contributed by atoms with Gasteiger partial charge < -0.3 is 16.0 Å². The van der Waals surface area contributed by atoms with Crippen molar-refractivity contribution >= 4 is 55.9 Å². The van der Waals surface area contributed by atoms with Crippen LogP contribution in [0.15, 0.2) is 34.9 Å². The number of aryl methyl sites for hydroxylation is 1. The van der Waals surface area contributed by atoms with Gasteiger partial charge in [-0.3, -0.25) is 19.1 Å². The zero-order valence-corrected chi connectivity index (χ0v) is 20.7. The van der Waals surface area contributed by atoms with Crippen molar-refractivity contribution in [2.45, 2.75) is 52.2 Å². The Bertz CT molecular complexity index is 1370. The predicted octanol–water partition coefficient (Wildman–Crippen LogP) is 3.31. The highest BCUT2D eigenvalue weighted by Gasteiger charge is 2.64. The summed E-state index contributed by atoms with van der Waals surface area (Å²) in [6.45, 7) is 5.34. The Morgan fingerprint density at radius 2 is 2.00 bits per heavy atom. The average Bonchev–Trinajstić information content (AvgIpc) is 3.14. The van der Waals surface area contributed by atoms with Crippen LogP contribution >= 0.6 is 15.9 Å². The Labute approximate surface area is 204 Å². The Hall–Kier alpha value is -3.27. The van der Waals surface area contributed by atoms with Crippen molar-refractivity contribution in [3.8, 4) is 0 Å². The predicted molar refractivity (Wildman–Crippen MR) is 131 cm³/mol. The summed E-state index contributed by atoms with van der Waals surface area (Å²) in [4.78, 5) is 44.9. The topological polar surface area (TPSA) is 123 Å². The lowest BCUT2D eigenvalue weighted by Crippen LogP contribution is -2.47. The lowest BCUT2D eigenvalue weighted by Gasteiger charge is -2.27. The molecule has 3 atom stereocenters. The van der Waals surface area contributed by atoms with E-state index in [1.807, 2.05) is 19.1 Å². The number of piperidine rings is 1. The second kappa shape index (κ2) is 7.90. The van der Waals surface area contributed by atoms with Crippen molar-refractivity contribution in [2.75, 3.05) is 11.1 Å². The van der Waals surface area contributed by atoms with Crippen molar-refractivity contribution in [1.29, 1.82) is 0 Å². The molecule has 176 valence electrons. The largest absolute Gasteiger partial charge is 0.399 e. The van der Waals surface area contributed by atoms with Gasteiger partial charge in [-0.25, -0.2) is 4.98 Å². The number of benzene rings is 1. The van der Waals surface area contributed by atoms with Crippen molar-refractivity contribution in [3.63, 3.8) is 0 Å². The molecule has 1 aromatic carbocycles. The molecule has 1 aliphatic heterocycles. The van der Waals surface area contributed by atoms with E-state index in [1.54, 1.807) is 23.1 Å². The summed E-state index contributed by atoms with van der Waals surface area (Å²) in [7, 11) is 0. The summed E-state index contributed by atoms with van der Waals surface area (Å²) in [5.74, 6) is -0.189. The Morgan fingerprint density at radius 3 is 2.74 bits per heavy atom. The van der Waals surface area contributed by atoms with Crippen LogP contribution in [-0.4, -0.2) is 49.3 Å². The smallest absolute Gasteiger partial charge is 0.248 e. The molecule has 2 aromatic heterocycles. The number of aromatic nitrogens is 3. The second-order valence-corrected chi connectivity index (χ2v) is 10.3. The van der Waals surface area contributed by atoms with Crippen LogP contribution in [0.2, 0.25) is 0 Å². The van der Waals surface area contributed by atoms with Gasteiger partial charge in [-0.15, -0.1) is 0 Å². The minimum absolute atomic E-state index is 0.0112. The molecule has 9 nitrogen and oxygen atoms in total. The molecule has 34 heavy (non-hydrogen) atoms. The normalized spacial score (nSPS) is 23.1. The number of nitrogens with zero attached hydrogens (tertiary/aromatic N) is 4. The number of nitrogens with two attached hydrogens (primary N) is 1. The fourth-order valence-electron chi connectivity index (χ4n) is 4.98. The van der Waals surface area contributed by atoms with Crippen LogP contribution in [0.5, 0.6) is 0 Å². The number of hydrogen-bond donors (Lipinski definition) is 2. The number of nitrogen functional groups attached to an aromatic ring is 1. The summed E-state index contributed by atoms with van der Waals surface area (Å²) in [6.07, 6.45) is 1.46. The van der Waals surface area contributed by atoms with E-state index < -0.39 is 6.04 Å². The first-order chi connectivity index (χ1) is 16.1.